The number of urea groups is 1. The zero-order chi connectivity index (χ0) is 14.1. The fourth-order valence-electron chi connectivity index (χ4n) is 1.20. The SMILES string of the molecule is COCCOCNC(=O)Nc1cccc([N+](=O)[O-])c1. The highest BCUT2D eigenvalue weighted by Crippen LogP contribution is 2.16. The first-order valence-electron chi connectivity index (χ1n) is 5.49. The molecule has 2 N–H and O–H groups in total. The molecular weight excluding hydrogens is 254 g/mol. The average molecular weight is 269 g/mol. The Hall–Kier alpha value is -2.19. The number of ether oxygens (including phenoxy) is 2. The molecule has 0 aromatic heterocycles. The van der Waals surface area contributed by atoms with Crippen LogP contribution in [0.15, 0.2) is 24.3 Å². The first-order chi connectivity index (χ1) is 9.13. The number of nitro groups is 1. The predicted octanol–water partition coefficient (Wildman–Crippen LogP) is 1.34. The normalized spacial score (nSPS) is 9.95. The van der Waals surface area contributed by atoms with Crippen LogP contribution in [0.4, 0.5) is 16.2 Å². The van der Waals surface area contributed by atoms with Gasteiger partial charge in [0.05, 0.1) is 18.1 Å². The Labute approximate surface area is 109 Å². The molecule has 0 heterocycles. The molecule has 0 aliphatic rings. The lowest BCUT2D eigenvalue weighted by atomic mass is 10.3. The first-order valence-corrected chi connectivity index (χ1v) is 5.49. The van der Waals surface area contributed by atoms with E-state index in [0.717, 1.165) is 0 Å². The summed E-state index contributed by atoms with van der Waals surface area (Å²) in [5.74, 6) is 0. The topological polar surface area (TPSA) is 103 Å². The molecule has 19 heavy (non-hydrogen) atoms. The third-order valence-electron chi connectivity index (χ3n) is 2.08. The number of rotatable bonds is 7. The molecule has 0 fully saturated rings. The highest BCUT2D eigenvalue weighted by Gasteiger charge is 2.07. The molecule has 8 heteroatoms. The van der Waals surface area contributed by atoms with Crippen LogP contribution in [0.5, 0.6) is 0 Å². The summed E-state index contributed by atoms with van der Waals surface area (Å²) in [6.07, 6.45) is 0. The van der Waals surface area contributed by atoms with E-state index in [-0.39, 0.29) is 12.4 Å². The van der Waals surface area contributed by atoms with Crippen LogP contribution in [0.3, 0.4) is 0 Å². The van der Waals surface area contributed by atoms with E-state index in [1.807, 2.05) is 0 Å². The molecular formula is C11H15N3O5. The minimum absolute atomic E-state index is 0.0319. The van der Waals surface area contributed by atoms with E-state index in [1.165, 1.54) is 18.2 Å². The van der Waals surface area contributed by atoms with Gasteiger partial charge in [0.2, 0.25) is 0 Å². The summed E-state index contributed by atoms with van der Waals surface area (Å²) in [5, 5.41) is 15.5. The standard InChI is InChI=1S/C11H15N3O5/c1-18-5-6-19-8-12-11(15)13-9-3-2-4-10(7-9)14(16)17/h2-4,7H,5-6,8H2,1H3,(H2,12,13,15). The van der Waals surface area contributed by atoms with Gasteiger partial charge in [0.1, 0.15) is 6.73 Å². The van der Waals surface area contributed by atoms with Crippen LogP contribution in [-0.4, -0.2) is 38.0 Å². The van der Waals surface area contributed by atoms with Crippen LogP contribution < -0.4 is 10.6 Å². The predicted molar refractivity (Wildman–Crippen MR) is 67.9 cm³/mol. The van der Waals surface area contributed by atoms with Crippen molar-refractivity contribution in [1.82, 2.24) is 5.32 Å². The van der Waals surface area contributed by atoms with Gasteiger partial charge in [0.25, 0.3) is 5.69 Å². The monoisotopic (exact) mass is 269 g/mol. The van der Waals surface area contributed by atoms with E-state index in [0.29, 0.717) is 18.9 Å². The lowest BCUT2D eigenvalue weighted by Gasteiger charge is -2.08. The van der Waals surface area contributed by atoms with Crippen molar-refractivity contribution in [1.29, 1.82) is 0 Å². The molecule has 0 bridgehead atoms. The van der Waals surface area contributed by atoms with Gasteiger partial charge >= 0.3 is 6.03 Å². The Morgan fingerprint density at radius 3 is 2.89 bits per heavy atom. The number of carbonyl (C=O) groups excluding carboxylic acids is 1. The summed E-state index contributed by atoms with van der Waals surface area (Å²) in [6, 6.07) is 5.15. The summed E-state index contributed by atoms with van der Waals surface area (Å²) in [4.78, 5) is 21.4. The first kappa shape index (κ1) is 14.9. The van der Waals surface area contributed by atoms with E-state index in [4.69, 9.17) is 9.47 Å². The summed E-state index contributed by atoms with van der Waals surface area (Å²) >= 11 is 0. The molecule has 1 rings (SSSR count). The third kappa shape index (κ3) is 5.80. The largest absolute Gasteiger partial charge is 0.382 e. The maximum absolute atomic E-state index is 11.4. The molecule has 0 atom stereocenters. The third-order valence-corrected chi connectivity index (χ3v) is 2.08. The zero-order valence-electron chi connectivity index (χ0n) is 10.4. The smallest absolute Gasteiger partial charge is 0.321 e. The van der Waals surface area contributed by atoms with Crippen molar-refractivity contribution in [2.45, 2.75) is 0 Å². The van der Waals surface area contributed by atoms with Crippen LogP contribution in [0.2, 0.25) is 0 Å². The van der Waals surface area contributed by atoms with Gasteiger partial charge in [-0.2, -0.15) is 0 Å². The summed E-state index contributed by atoms with van der Waals surface area (Å²) in [7, 11) is 1.55. The molecule has 1 aromatic rings. The Balaban J connectivity index is 2.35. The van der Waals surface area contributed by atoms with Crippen molar-refractivity contribution in [2.75, 3.05) is 32.4 Å². The number of hydrogen-bond donors (Lipinski definition) is 2. The van der Waals surface area contributed by atoms with E-state index in [2.05, 4.69) is 10.6 Å². The quantitative estimate of drug-likeness (QED) is 0.336. The van der Waals surface area contributed by atoms with E-state index in [9.17, 15) is 14.9 Å². The van der Waals surface area contributed by atoms with Gasteiger partial charge in [-0.05, 0) is 6.07 Å². The molecule has 0 spiro atoms. The van der Waals surface area contributed by atoms with Gasteiger partial charge in [-0.15, -0.1) is 0 Å². The number of carbonyl (C=O) groups is 1. The maximum atomic E-state index is 11.4. The van der Waals surface area contributed by atoms with Gasteiger partial charge in [-0.1, -0.05) is 6.07 Å². The number of non-ortho nitro benzene ring substituents is 1. The fraction of sp³-hybridized carbons (Fsp3) is 0.364. The van der Waals surface area contributed by atoms with Crippen LogP contribution in [0.25, 0.3) is 0 Å². The second-order valence-electron chi connectivity index (χ2n) is 3.48. The summed E-state index contributed by atoms with van der Waals surface area (Å²) < 4.78 is 9.80. The molecule has 8 nitrogen and oxygen atoms in total. The minimum Gasteiger partial charge on any atom is -0.382 e. The van der Waals surface area contributed by atoms with Gasteiger partial charge in [-0.25, -0.2) is 4.79 Å². The van der Waals surface area contributed by atoms with E-state index in [1.54, 1.807) is 13.2 Å². The Morgan fingerprint density at radius 2 is 2.21 bits per heavy atom. The molecule has 0 unspecified atom stereocenters. The van der Waals surface area contributed by atoms with Crippen LogP contribution in [0.1, 0.15) is 0 Å². The van der Waals surface area contributed by atoms with Crippen molar-refractivity contribution in [2.24, 2.45) is 0 Å². The highest BCUT2D eigenvalue weighted by molar-refractivity contribution is 5.89. The Bertz CT molecular complexity index is 438. The number of amides is 2. The second-order valence-corrected chi connectivity index (χ2v) is 3.48. The summed E-state index contributed by atoms with van der Waals surface area (Å²) in [6.45, 7) is 0.839. The lowest BCUT2D eigenvalue weighted by molar-refractivity contribution is -0.384. The van der Waals surface area contributed by atoms with Gasteiger partial charge in [0.15, 0.2) is 0 Å². The van der Waals surface area contributed by atoms with Crippen molar-refractivity contribution in [3.8, 4) is 0 Å². The average Bonchev–Trinajstić information content (AvgIpc) is 2.38. The molecule has 1 aromatic carbocycles. The number of anilines is 1. The van der Waals surface area contributed by atoms with Crippen molar-refractivity contribution < 1.29 is 19.2 Å². The van der Waals surface area contributed by atoms with Crippen molar-refractivity contribution in [3.63, 3.8) is 0 Å². The second kappa shape index (κ2) is 8.01. The number of hydrogen-bond acceptors (Lipinski definition) is 5. The summed E-state index contributed by atoms with van der Waals surface area (Å²) in [5.41, 5.74) is 0.248. The van der Waals surface area contributed by atoms with Crippen molar-refractivity contribution >= 4 is 17.4 Å². The number of methoxy groups -OCH3 is 1. The maximum Gasteiger partial charge on any atom is 0.321 e. The Morgan fingerprint density at radius 1 is 1.42 bits per heavy atom. The van der Waals surface area contributed by atoms with Crippen LogP contribution in [-0.2, 0) is 9.47 Å². The molecule has 0 saturated heterocycles. The fourth-order valence-corrected chi connectivity index (χ4v) is 1.20. The van der Waals surface area contributed by atoms with Crippen LogP contribution in [0, 0.1) is 10.1 Å². The number of nitrogens with zero attached hydrogens (tertiary/aromatic N) is 1. The van der Waals surface area contributed by atoms with E-state index < -0.39 is 11.0 Å². The van der Waals surface area contributed by atoms with Crippen molar-refractivity contribution in [3.05, 3.63) is 34.4 Å². The molecule has 0 saturated carbocycles. The lowest BCUT2D eigenvalue weighted by Crippen LogP contribution is -2.31. The van der Waals surface area contributed by atoms with Gasteiger partial charge < -0.3 is 20.1 Å². The highest BCUT2D eigenvalue weighted by atomic mass is 16.6. The van der Waals surface area contributed by atoms with Gasteiger partial charge in [-0.3, -0.25) is 10.1 Å². The number of benzene rings is 1. The minimum atomic E-state index is -0.531. The molecule has 0 aliphatic heterocycles. The molecule has 2 amide bonds. The van der Waals surface area contributed by atoms with Gasteiger partial charge in [0, 0.05) is 24.9 Å². The number of nitro benzene ring substituents is 1. The molecule has 0 radical (unpaired) electrons. The van der Waals surface area contributed by atoms with E-state index >= 15 is 0 Å². The zero-order valence-corrected chi connectivity index (χ0v) is 10.4. The number of nitrogens with one attached hydrogen (secondary N) is 2. The Kier molecular flexibility index (Phi) is 6.27. The molecule has 104 valence electrons. The van der Waals surface area contributed by atoms with Crippen LogP contribution >= 0.6 is 0 Å². The molecule has 0 aliphatic carbocycles.